The van der Waals surface area contributed by atoms with Gasteiger partial charge in [-0.1, -0.05) is 13.0 Å². The van der Waals surface area contributed by atoms with Crippen LogP contribution in [0.2, 0.25) is 0 Å². The van der Waals surface area contributed by atoms with Gasteiger partial charge < -0.3 is 10.1 Å². The fourth-order valence-corrected chi connectivity index (χ4v) is 2.14. The number of nitrogens with one attached hydrogen (secondary N) is 1. The van der Waals surface area contributed by atoms with Crippen LogP contribution in [0.3, 0.4) is 0 Å². The molecule has 17 heavy (non-hydrogen) atoms. The van der Waals surface area contributed by atoms with E-state index in [1.54, 1.807) is 12.1 Å². The van der Waals surface area contributed by atoms with Gasteiger partial charge in [0, 0.05) is 6.54 Å². The number of hydrogen-bond acceptors (Lipinski definition) is 2. The van der Waals surface area contributed by atoms with Gasteiger partial charge in [0.25, 0.3) is 0 Å². The van der Waals surface area contributed by atoms with Crippen molar-refractivity contribution in [3.05, 3.63) is 29.3 Å². The molecule has 2 nitrogen and oxygen atoms in total. The van der Waals surface area contributed by atoms with E-state index in [1.807, 2.05) is 6.07 Å². The standard InChI is InChI=1S/C13H17F2NO/c1-9-2-3-10-4-5-12(17-13(14)15)6-11(10)8-16-7-9/h4-6,9,13,16H,2-3,7-8H2,1H3. The molecule has 1 heterocycles. The quantitative estimate of drug-likeness (QED) is 0.859. The lowest BCUT2D eigenvalue weighted by Crippen LogP contribution is -2.24. The van der Waals surface area contributed by atoms with E-state index in [4.69, 9.17) is 0 Å². The largest absolute Gasteiger partial charge is 0.435 e. The normalized spacial score (nSPS) is 20.6. The molecule has 0 spiro atoms. The molecule has 2 rings (SSSR count). The van der Waals surface area contributed by atoms with Crippen LogP contribution in [0.25, 0.3) is 0 Å². The summed E-state index contributed by atoms with van der Waals surface area (Å²) >= 11 is 0. The molecule has 0 bridgehead atoms. The highest BCUT2D eigenvalue weighted by atomic mass is 19.3. The molecule has 1 aromatic rings. The monoisotopic (exact) mass is 241 g/mol. The van der Waals surface area contributed by atoms with E-state index in [0.717, 1.165) is 31.5 Å². The third-order valence-corrected chi connectivity index (χ3v) is 3.12. The molecule has 0 aromatic heterocycles. The number of fused-ring (bicyclic) bond motifs is 1. The van der Waals surface area contributed by atoms with Gasteiger partial charge in [-0.2, -0.15) is 8.78 Å². The van der Waals surface area contributed by atoms with Crippen LogP contribution < -0.4 is 10.1 Å². The SMILES string of the molecule is CC1CCc2ccc(OC(F)F)cc2CNC1. The van der Waals surface area contributed by atoms with Crippen molar-refractivity contribution in [2.45, 2.75) is 32.9 Å². The van der Waals surface area contributed by atoms with E-state index in [-0.39, 0.29) is 5.75 Å². The second-order valence-electron chi connectivity index (χ2n) is 4.58. The third-order valence-electron chi connectivity index (χ3n) is 3.12. The minimum atomic E-state index is -2.76. The van der Waals surface area contributed by atoms with Gasteiger partial charge in [-0.05, 0) is 48.6 Å². The Morgan fingerprint density at radius 3 is 2.94 bits per heavy atom. The summed E-state index contributed by atoms with van der Waals surface area (Å²) in [5.41, 5.74) is 2.29. The van der Waals surface area contributed by atoms with Crippen molar-refractivity contribution in [3.8, 4) is 5.75 Å². The van der Waals surface area contributed by atoms with Crippen molar-refractivity contribution in [1.82, 2.24) is 5.32 Å². The average Bonchev–Trinajstić information content (AvgIpc) is 2.24. The summed E-state index contributed by atoms with van der Waals surface area (Å²) in [5.74, 6) is 0.898. The van der Waals surface area contributed by atoms with E-state index < -0.39 is 6.61 Å². The van der Waals surface area contributed by atoms with Crippen LogP contribution in [0.1, 0.15) is 24.5 Å². The van der Waals surface area contributed by atoms with Crippen molar-refractivity contribution in [3.63, 3.8) is 0 Å². The number of ether oxygens (including phenoxy) is 1. The van der Waals surface area contributed by atoms with E-state index in [9.17, 15) is 8.78 Å². The Bertz CT molecular complexity index is 382. The topological polar surface area (TPSA) is 21.3 Å². The molecule has 0 amide bonds. The number of halogens is 2. The van der Waals surface area contributed by atoms with Crippen molar-refractivity contribution < 1.29 is 13.5 Å². The number of rotatable bonds is 2. The molecular formula is C13H17F2NO. The summed E-state index contributed by atoms with van der Waals surface area (Å²) in [6.07, 6.45) is 2.13. The zero-order valence-electron chi connectivity index (χ0n) is 9.88. The smallest absolute Gasteiger partial charge is 0.387 e. The molecule has 1 aromatic carbocycles. The van der Waals surface area contributed by atoms with Gasteiger partial charge in [0.1, 0.15) is 5.75 Å². The van der Waals surface area contributed by atoms with Gasteiger partial charge in [-0.3, -0.25) is 0 Å². The van der Waals surface area contributed by atoms with Crippen LogP contribution in [0, 0.1) is 5.92 Å². The maximum absolute atomic E-state index is 12.1. The summed E-state index contributed by atoms with van der Waals surface area (Å²) in [6.45, 7) is 1.15. The second kappa shape index (κ2) is 5.45. The van der Waals surface area contributed by atoms with E-state index in [2.05, 4.69) is 17.0 Å². The fraction of sp³-hybridized carbons (Fsp3) is 0.538. The van der Waals surface area contributed by atoms with Crippen LogP contribution in [-0.4, -0.2) is 13.2 Å². The van der Waals surface area contributed by atoms with Gasteiger partial charge in [0.15, 0.2) is 0 Å². The lowest BCUT2D eigenvalue weighted by molar-refractivity contribution is -0.0499. The van der Waals surface area contributed by atoms with Crippen molar-refractivity contribution in [1.29, 1.82) is 0 Å². The Hall–Kier alpha value is -1.16. The Kier molecular flexibility index (Phi) is 3.94. The summed E-state index contributed by atoms with van der Waals surface area (Å²) in [5, 5.41) is 3.33. The van der Waals surface area contributed by atoms with Gasteiger partial charge in [0.2, 0.25) is 0 Å². The zero-order chi connectivity index (χ0) is 12.3. The molecule has 1 unspecified atom stereocenters. The molecule has 0 fully saturated rings. The summed E-state index contributed by atoms with van der Waals surface area (Å²) in [4.78, 5) is 0. The molecule has 1 aliphatic rings. The van der Waals surface area contributed by atoms with Crippen LogP contribution in [-0.2, 0) is 13.0 Å². The Balaban J connectivity index is 2.16. The minimum absolute atomic E-state index is 0.245. The Labute approximate surface area is 100.0 Å². The Morgan fingerprint density at radius 1 is 1.35 bits per heavy atom. The predicted molar refractivity (Wildman–Crippen MR) is 62.3 cm³/mol. The lowest BCUT2D eigenvalue weighted by Gasteiger charge is -2.20. The fourth-order valence-electron chi connectivity index (χ4n) is 2.14. The zero-order valence-corrected chi connectivity index (χ0v) is 9.88. The summed E-state index contributed by atoms with van der Waals surface area (Å²) < 4.78 is 28.6. The molecular weight excluding hydrogens is 224 g/mol. The first kappa shape index (κ1) is 12.3. The van der Waals surface area contributed by atoms with Gasteiger partial charge in [-0.15, -0.1) is 0 Å². The molecule has 1 N–H and O–H groups in total. The molecule has 1 aliphatic heterocycles. The van der Waals surface area contributed by atoms with Crippen molar-refractivity contribution in [2.75, 3.05) is 6.54 Å². The first-order valence-corrected chi connectivity index (χ1v) is 5.92. The molecule has 0 saturated heterocycles. The number of aryl methyl sites for hydroxylation is 1. The minimum Gasteiger partial charge on any atom is -0.435 e. The number of alkyl halides is 2. The van der Waals surface area contributed by atoms with E-state index in [0.29, 0.717) is 5.92 Å². The molecule has 4 heteroatoms. The first-order valence-electron chi connectivity index (χ1n) is 5.92. The van der Waals surface area contributed by atoms with Crippen LogP contribution in [0.4, 0.5) is 8.78 Å². The molecule has 0 saturated carbocycles. The predicted octanol–water partition coefficient (Wildman–Crippen LogP) is 2.96. The molecule has 94 valence electrons. The molecule has 1 atom stereocenters. The molecule has 0 radical (unpaired) electrons. The average molecular weight is 241 g/mol. The van der Waals surface area contributed by atoms with Crippen LogP contribution in [0.15, 0.2) is 18.2 Å². The first-order chi connectivity index (χ1) is 8.15. The van der Waals surface area contributed by atoms with Crippen LogP contribution >= 0.6 is 0 Å². The van der Waals surface area contributed by atoms with E-state index >= 15 is 0 Å². The number of benzene rings is 1. The maximum atomic E-state index is 12.1. The summed E-state index contributed by atoms with van der Waals surface area (Å²) in [7, 11) is 0. The van der Waals surface area contributed by atoms with Gasteiger partial charge in [0.05, 0.1) is 0 Å². The highest BCUT2D eigenvalue weighted by Gasteiger charge is 2.12. The Morgan fingerprint density at radius 2 is 2.18 bits per heavy atom. The van der Waals surface area contributed by atoms with Gasteiger partial charge >= 0.3 is 6.61 Å². The van der Waals surface area contributed by atoms with E-state index in [1.165, 1.54) is 5.56 Å². The highest BCUT2D eigenvalue weighted by molar-refractivity contribution is 5.36. The molecule has 0 aliphatic carbocycles. The highest BCUT2D eigenvalue weighted by Crippen LogP contribution is 2.23. The van der Waals surface area contributed by atoms with Crippen LogP contribution in [0.5, 0.6) is 5.75 Å². The summed E-state index contributed by atoms with van der Waals surface area (Å²) in [6, 6.07) is 5.23. The number of hydrogen-bond donors (Lipinski definition) is 1. The maximum Gasteiger partial charge on any atom is 0.387 e. The van der Waals surface area contributed by atoms with Crippen molar-refractivity contribution >= 4 is 0 Å². The van der Waals surface area contributed by atoms with Gasteiger partial charge in [-0.25, -0.2) is 0 Å². The third kappa shape index (κ3) is 3.40. The van der Waals surface area contributed by atoms with Crippen molar-refractivity contribution in [2.24, 2.45) is 5.92 Å². The second-order valence-corrected chi connectivity index (χ2v) is 4.58. The lowest BCUT2D eigenvalue weighted by atomic mass is 9.95.